The normalized spacial score (nSPS) is 10.8. The van der Waals surface area contributed by atoms with Gasteiger partial charge in [-0.3, -0.25) is 0 Å². The van der Waals surface area contributed by atoms with E-state index in [1.807, 2.05) is 48.5 Å². The van der Waals surface area contributed by atoms with Crippen molar-refractivity contribution in [3.63, 3.8) is 0 Å². The summed E-state index contributed by atoms with van der Waals surface area (Å²) in [6.45, 7) is 8.47. The van der Waals surface area contributed by atoms with Crippen molar-refractivity contribution in [2.45, 2.75) is 26.9 Å². The molecule has 0 atom stereocenters. The number of hydrogen-bond donors (Lipinski definition) is 1. The van der Waals surface area contributed by atoms with E-state index in [1.165, 1.54) is 0 Å². The van der Waals surface area contributed by atoms with Gasteiger partial charge in [-0.15, -0.1) is 0 Å². The average molecular weight is 439 g/mol. The van der Waals surface area contributed by atoms with Crippen molar-refractivity contribution in [3.05, 3.63) is 64.8 Å². The maximum absolute atomic E-state index is 9.39. The molecule has 0 spiro atoms. The predicted molar refractivity (Wildman–Crippen MR) is 123 cm³/mol. The third-order valence-corrected chi connectivity index (χ3v) is 5.39. The van der Waals surface area contributed by atoms with Gasteiger partial charge in [-0.1, -0.05) is 43.6 Å². The molecule has 7 heteroatoms. The lowest BCUT2D eigenvalue weighted by Crippen LogP contribution is -2.25. The van der Waals surface area contributed by atoms with Gasteiger partial charge in [0, 0.05) is 22.7 Å². The molecule has 0 saturated carbocycles. The molecule has 2 aromatic carbocycles. The summed E-state index contributed by atoms with van der Waals surface area (Å²) in [5, 5.41) is 13.3. The molecule has 0 unspecified atom stereocenters. The zero-order chi connectivity index (χ0) is 22.1. The molecule has 0 aliphatic heterocycles. The second-order valence-corrected chi connectivity index (χ2v) is 7.43. The van der Waals surface area contributed by atoms with Crippen LogP contribution in [0.2, 0.25) is 5.02 Å². The predicted octanol–water partition coefficient (Wildman–Crippen LogP) is 5.59. The van der Waals surface area contributed by atoms with Crippen LogP contribution in [-0.4, -0.2) is 36.1 Å². The summed E-state index contributed by atoms with van der Waals surface area (Å²) in [6, 6.07) is 17.1. The molecule has 31 heavy (non-hydrogen) atoms. The van der Waals surface area contributed by atoms with Crippen LogP contribution in [0.15, 0.2) is 52.9 Å². The fraction of sp³-hybridized carbons (Fsp3) is 0.333. The molecule has 1 heterocycles. The van der Waals surface area contributed by atoms with Crippen molar-refractivity contribution in [3.8, 4) is 23.3 Å². The summed E-state index contributed by atoms with van der Waals surface area (Å²) in [5.41, 5.74) is 1.96. The third kappa shape index (κ3) is 6.24. The van der Waals surface area contributed by atoms with Gasteiger partial charge in [-0.05, 0) is 56.4 Å². The monoisotopic (exact) mass is 438 g/mol. The van der Waals surface area contributed by atoms with Crippen molar-refractivity contribution >= 4 is 17.5 Å². The maximum Gasteiger partial charge on any atom is 0.232 e. The Morgan fingerprint density at radius 3 is 2.55 bits per heavy atom. The standard InChI is InChI=1S/C24H27ClN4O2/c1-3-29(4-2)15-7-14-27-24-22(16-26)28-23(31-24)18-10-12-20(13-11-18)30-17-19-8-5-6-9-21(19)25/h5-6,8-13,27H,3-4,7,14-15,17H2,1-2H3. The first kappa shape index (κ1) is 22.7. The Kier molecular flexibility index (Phi) is 8.34. The van der Waals surface area contributed by atoms with Crippen LogP contribution in [0.5, 0.6) is 5.75 Å². The summed E-state index contributed by atoms with van der Waals surface area (Å²) in [7, 11) is 0. The number of nitrogens with zero attached hydrogens (tertiary/aromatic N) is 3. The van der Waals surface area contributed by atoms with E-state index in [-0.39, 0.29) is 5.69 Å². The molecule has 0 fully saturated rings. The Balaban J connectivity index is 1.59. The lowest BCUT2D eigenvalue weighted by Gasteiger charge is -2.17. The molecule has 162 valence electrons. The molecule has 0 saturated heterocycles. The minimum Gasteiger partial charge on any atom is -0.489 e. The second-order valence-electron chi connectivity index (χ2n) is 7.02. The number of nitriles is 1. The van der Waals surface area contributed by atoms with E-state index in [1.54, 1.807) is 0 Å². The van der Waals surface area contributed by atoms with Crippen molar-refractivity contribution in [2.75, 3.05) is 31.5 Å². The number of oxazole rings is 1. The first-order valence-electron chi connectivity index (χ1n) is 10.5. The highest BCUT2D eigenvalue weighted by Crippen LogP contribution is 2.27. The molecular formula is C24H27ClN4O2. The summed E-state index contributed by atoms with van der Waals surface area (Å²) in [5.74, 6) is 1.53. The molecule has 6 nitrogen and oxygen atoms in total. The Morgan fingerprint density at radius 1 is 1.13 bits per heavy atom. The van der Waals surface area contributed by atoms with Gasteiger partial charge in [0.05, 0.1) is 0 Å². The minimum absolute atomic E-state index is 0.261. The van der Waals surface area contributed by atoms with Crippen LogP contribution in [0.4, 0.5) is 5.88 Å². The molecule has 1 aromatic heterocycles. The van der Waals surface area contributed by atoms with Crippen LogP contribution in [0.25, 0.3) is 11.5 Å². The highest BCUT2D eigenvalue weighted by Gasteiger charge is 2.14. The third-order valence-electron chi connectivity index (χ3n) is 5.02. The maximum atomic E-state index is 9.39. The SMILES string of the molecule is CCN(CC)CCCNc1oc(-c2ccc(OCc3ccccc3Cl)cc2)nc1C#N. The van der Waals surface area contributed by atoms with Crippen LogP contribution in [0.1, 0.15) is 31.5 Å². The molecule has 0 amide bonds. The summed E-state index contributed by atoms with van der Waals surface area (Å²) in [4.78, 5) is 6.68. The molecule has 1 N–H and O–H groups in total. The molecular weight excluding hydrogens is 412 g/mol. The number of benzene rings is 2. The average Bonchev–Trinajstić information content (AvgIpc) is 3.22. The van der Waals surface area contributed by atoms with E-state index in [0.29, 0.717) is 35.7 Å². The first-order valence-corrected chi connectivity index (χ1v) is 10.9. The van der Waals surface area contributed by atoms with Crippen molar-refractivity contribution in [2.24, 2.45) is 0 Å². The van der Waals surface area contributed by atoms with E-state index in [0.717, 1.165) is 37.2 Å². The number of anilines is 1. The Labute approximate surface area is 188 Å². The first-order chi connectivity index (χ1) is 15.1. The highest BCUT2D eigenvalue weighted by molar-refractivity contribution is 6.31. The van der Waals surface area contributed by atoms with Gasteiger partial charge in [0.15, 0.2) is 0 Å². The van der Waals surface area contributed by atoms with Crippen LogP contribution >= 0.6 is 11.6 Å². The smallest absolute Gasteiger partial charge is 0.232 e. The van der Waals surface area contributed by atoms with Crippen molar-refractivity contribution < 1.29 is 9.15 Å². The van der Waals surface area contributed by atoms with Crippen molar-refractivity contribution in [1.29, 1.82) is 5.26 Å². The largest absolute Gasteiger partial charge is 0.489 e. The molecule has 0 aliphatic carbocycles. The van der Waals surface area contributed by atoms with E-state index in [9.17, 15) is 5.26 Å². The fourth-order valence-electron chi connectivity index (χ4n) is 3.15. The number of hydrogen-bond acceptors (Lipinski definition) is 6. The second kappa shape index (κ2) is 11.4. The summed E-state index contributed by atoms with van der Waals surface area (Å²) < 4.78 is 11.6. The van der Waals surface area contributed by atoms with E-state index >= 15 is 0 Å². The Hall–Kier alpha value is -3.01. The zero-order valence-electron chi connectivity index (χ0n) is 17.9. The van der Waals surface area contributed by atoms with Gasteiger partial charge in [0.25, 0.3) is 0 Å². The van der Waals surface area contributed by atoms with Crippen LogP contribution in [0, 0.1) is 11.3 Å². The van der Waals surface area contributed by atoms with E-state index in [2.05, 4.69) is 35.1 Å². The van der Waals surface area contributed by atoms with Gasteiger partial charge in [-0.25, -0.2) is 0 Å². The highest BCUT2D eigenvalue weighted by atomic mass is 35.5. The van der Waals surface area contributed by atoms with E-state index in [4.69, 9.17) is 20.8 Å². The van der Waals surface area contributed by atoms with Crippen LogP contribution in [-0.2, 0) is 6.61 Å². The summed E-state index contributed by atoms with van der Waals surface area (Å²) in [6.07, 6.45) is 0.958. The fourth-order valence-corrected chi connectivity index (χ4v) is 3.34. The lowest BCUT2D eigenvalue weighted by atomic mass is 10.2. The van der Waals surface area contributed by atoms with E-state index < -0.39 is 0 Å². The summed E-state index contributed by atoms with van der Waals surface area (Å²) >= 11 is 6.17. The molecule has 3 aromatic rings. The Morgan fingerprint density at radius 2 is 1.87 bits per heavy atom. The molecule has 0 radical (unpaired) electrons. The van der Waals surface area contributed by atoms with Gasteiger partial charge in [0.1, 0.15) is 18.4 Å². The van der Waals surface area contributed by atoms with Crippen LogP contribution in [0.3, 0.4) is 0 Å². The van der Waals surface area contributed by atoms with Gasteiger partial charge in [0.2, 0.25) is 17.5 Å². The zero-order valence-corrected chi connectivity index (χ0v) is 18.7. The quantitative estimate of drug-likeness (QED) is 0.393. The number of halogens is 1. The Bertz CT molecular complexity index is 1010. The molecule has 3 rings (SSSR count). The number of rotatable bonds is 11. The number of ether oxygens (including phenoxy) is 1. The van der Waals surface area contributed by atoms with Gasteiger partial charge < -0.3 is 19.4 Å². The lowest BCUT2D eigenvalue weighted by molar-refractivity contribution is 0.302. The molecule has 0 aliphatic rings. The topological polar surface area (TPSA) is 74.3 Å². The van der Waals surface area contributed by atoms with Gasteiger partial charge in [-0.2, -0.15) is 10.2 Å². The number of nitrogens with one attached hydrogen (secondary N) is 1. The molecule has 0 bridgehead atoms. The van der Waals surface area contributed by atoms with Gasteiger partial charge >= 0.3 is 0 Å². The number of aromatic nitrogens is 1. The van der Waals surface area contributed by atoms with Crippen LogP contribution < -0.4 is 10.1 Å². The minimum atomic E-state index is 0.261. The van der Waals surface area contributed by atoms with Crippen molar-refractivity contribution in [1.82, 2.24) is 9.88 Å².